The van der Waals surface area contributed by atoms with E-state index in [-0.39, 0.29) is 18.9 Å². The van der Waals surface area contributed by atoms with Gasteiger partial charge in [-0.05, 0) is 30.5 Å². The zero-order valence-corrected chi connectivity index (χ0v) is 18.3. The van der Waals surface area contributed by atoms with Crippen LogP contribution in [0.1, 0.15) is 36.0 Å². The van der Waals surface area contributed by atoms with Crippen LogP contribution in [0.2, 0.25) is 0 Å². The highest BCUT2D eigenvalue weighted by Crippen LogP contribution is 2.41. The molecule has 5 rings (SSSR count). The standard InChI is InChI=1S/C24H24F2N4O4/c25-24(26)9-7-23(8-10-24)21(33)30(22(34)28-23)14-19(32)16-5-3-15(4-6-16)18-2-1-11-27-20(18)29-12-17(31)13-29/h1-6,11,17,31H,7-10,12-14H2,(H,28,34). The Morgan fingerprint density at radius 2 is 1.76 bits per heavy atom. The highest BCUT2D eigenvalue weighted by molar-refractivity contribution is 6.11. The van der Waals surface area contributed by atoms with Gasteiger partial charge in [0.1, 0.15) is 11.4 Å². The number of Topliss-reactive ketones (excluding diaryl/α,β-unsaturated/α-hetero) is 1. The summed E-state index contributed by atoms with van der Waals surface area (Å²) in [7, 11) is 0. The average molecular weight is 470 g/mol. The van der Waals surface area contributed by atoms with E-state index in [9.17, 15) is 28.3 Å². The lowest BCUT2D eigenvalue weighted by Gasteiger charge is -2.37. The second-order valence-corrected chi connectivity index (χ2v) is 9.19. The molecule has 10 heteroatoms. The number of imide groups is 1. The minimum atomic E-state index is -2.84. The lowest BCUT2D eigenvalue weighted by molar-refractivity contribution is -0.135. The van der Waals surface area contributed by atoms with Crippen LogP contribution in [-0.4, -0.2) is 69.9 Å². The Kier molecular flexibility index (Phi) is 5.35. The van der Waals surface area contributed by atoms with Crippen LogP contribution >= 0.6 is 0 Å². The number of alkyl halides is 2. The average Bonchev–Trinajstić information content (AvgIpc) is 3.03. The molecule has 3 aliphatic rings. The first-order chi connectivity index (χ1) is 16.2. The van der Waals surface area contributed by atoms with Crippen molar-refractivity contribution in [3.8, 4) is 11.1 Å². The fraction of sp³-hybridized carbons (Fsp3) is 0.417. The van der Waals surface area contributed by atoms with Gasteiger partial charge < -0.3 is 15.3 Å². The van der Waals surface area contributed by atoms with E-state index in [4.69, 9.17) is 0 Å². The van der Waals surface area contributed by atoms with Crippen molar-refractivity contribution in [1.82, 2.24) is 15.2 Å². The number of β-amino-alcohol motifs (C(OH)–C–C–N with tert-alkyl or cyclic N) is 1. The molecule has 0 bridgehead atoms. The molecule has 178 valence electrons. The Hall–Kier alpha value is -3.40. The van der Waals surface area contributed by atoms with Gasteiger partial charge in [-0.3, -0.25) is 14.5 Å². The van der Waals surface area contributed by atoms with Crippen molar-refractivity contribution >= 4 is 23.5 Å². The van der Waals surface area contributed by atoms with E-state index < -0.39 is 48.6 Å². The van der Waals surface area contributed by atoms with Gasteiger partial charge in [-0.15, -0.1) is 0 Å². The summed E-state index contributed by atoms with van der Waals surface area (Å²) in [5.41, 5.74) is 0.672. The SMILES string of the molecule is O=C(CN1C(=O)NC2(CCC(F)(F)CC2)C1=O)c1ccc(-c2cccnc2N2CC(O)C2)cc1. The fourth-order valence-electron chi connectivity index (χ4n) is 4.77. The molecule has 8 nitrogen and oxygen atoms in total. The lowest BCUT2D eigenvalue weighted by atomic mass is 9.80. The van der Waals surface area contributed by atoms with Gasteiger partial charge in [0.15, 0.2) is 5.78 Å². The Morgan fingerprint density at radius 1 is 1.09 bits per heavy atom. The van der Waals surface area contributed by atoms with Crippen LogP contribution in [0.5, 0.6) is 0 Å². The predicted octanol–water partition coefficient (Wildman–Crippen LogP) is 2.61. The highest BCUT2D eigenvalue weighted by Gasteiger charge is 2.55. The molecule has 0 unspecified atom stereocenters. The summed E-state index contributed by atoms with van der Waals surface area (Å²) >= 11 is 0. The third-order valence-corrected chi connectivity index (χ3v) is 6.85. The Morgan fingerprint density at radius 3 is 2.41 bits per heavy atom. The molecule has 1 spiro atoms. The number of aromatic nitrogens is 1. The van der Waals surface area contributed by atoms with Crippen molar-refractivity contribution in [1.29, 1.82) is 0 Å². The summed E-state index contributed by atoms with van der Waals surface area (Å²) in [5.74, 6) is -3.14. The van der Waals surface area contributed by atoms with Crippen LogP contribution in [0.4, 0.5) is 19.4 Å². The van der Waals surface area contributed by atoms with Crippen molar-refractivity contribution in [2.45, 2.75) is 43.2 Å². The third kappa shape index (κ3) is 3.91. The van der Waals surface area contributed by atoms with Crippen LogP contribution in [0.3, 0.4) is 0 Å². The first kappa shape index (κ1) is 22.4. The molecule has 3 amide bonds. The number of aliphatic hydroxyl groups excluding tert-OH is 1. The molecule has 3 heterocycles. The van der Waals surface area contributed by atoms with Crippen molar-refractivity contribution in [3.05, 3.63) is 48.2 Å². The summed E-state index contributed by atoms with van der Waals surface area (Å²) in [4.78, 5) is 45.3. The van der Waals surface area contributed by atoms with Gasteiger partial charge in [-0.1, -0.05) is 24.3 Å². The maximum Gasteiger partial charge on any atom is 0.325 e. The van der Waals surface area contributed by atoms with E-state index in [0.29, 0.717) is 18.7 Å². The number of carbonyl (C=O) groups excluding carboxylic acids is 3. The molecular weight excluding hydrogens is 446 g/mol. The number of hydrogen-bond acceptors (Lipinski definition) is 6. The number of halogens is 2. The number of urea groups is 1. The number of carbonyl (C=O) groups is 3. The lowest BCUT2D eigenvalue weighted by Crippen LogP contribution is -2.51. The minimum absolute atomic E-state index is 0.147. The van der Waals surface area contributed by atoms with E-state index in [1.165, 1.54) is 0 Å². The van der Waals surface area contributed by atoms with Crippen molar-refractivity contribution < 1.29 is 28.3 Å². The molecule has 1 saturated carbocycles. The summed E-state index contributed by atoms with van der Waals surface area (Å²) in [6, 6.07) is 9.76. The number of nitrogens with one attached hydrogen (secondary N) is 1. The van der Waals surface area contributed by atoms with Gasteiger partial charge in [0.25, 0.3) is 5.91 Å². The summed E-state index contributed by atoms with van der Waals surface area (Å²) in [6.45, 7) is 0.559. The molecule has 1 aromatic heterocycles. The van der Waals surface area contributed by atoms with Gasteiger partial charge in [0.2, 0.25) is 5.92 Å². The predicted molar refractivity (Wildman–Crippen MR) is 119 cm³/mol. The smallest absolute Gasteiger partial charge is 0.325 e. The number of rotatable bonds is 5. The molecular formula is C24H24F2N4O4. The van der Waals surface area contributed by atoms with E-state index in [1.807, 2.05) is 17.0 Å². The second-order valence-electron chi connectivity index (χ2n) is 9.19. The van der Waals surface area contributed by atoms with E-state index in [2.05, 4.69) is 10.3 Å². The van der Waals surface area contributed by atoms with Crippen LogP contribution in [-0.2, 0) is 4.79 Å². The Bertz CT molecular complexity index is 1140. The van der Waals surface area contributed by atoms with E-state index in [1.54, 1.807) is 30.5 Å². The molecule has 2 aliphatic heterocycles. The van der Waals surface area contributed by atoms with Gasteiger partial charge in [0, 0.05) is 43.3 Å². The minimum Gasteiger partial charge on any atom is -0.389 e. The van der Waals surface area contributed by atoms with E-state index in [0.717, 1.165) is 21.8 Å². The molecule has 2 saturated heterocycles. The van der Waals surface area contributed by atoms with Crippen LogP contribution in [0, 0.1) is 0 Å². The first-order valence-electron chi connectivity index (χ1n) is 11.2. The molecule has 0 atom stereocenters. The third-order valence-electron chi connectivity index (χ3n) is 6.85. The summed E-state index contributed by atoms with van der Waals surface area (Å²) < 4.78 is 27.1. The monoisotopic (exact) mass is 470 g/mol. The van der Waals surface area contributed by atoms with Crippen molar-refractivity contribution in [2.75, 3.05) is 24.5 Å². The topological polar surface area (TPSA) is 103 Å². The molecule has 1 aromatic carbocycles. The fourth-order valence-corrected chi connectivity index (χ4v) is 4.77. The number of nitrogens with zero attached hydrogens (tertiary/aromatic N) is 3. The first-order valence-corrected chi connectivity index (χ1v) is 11.2. The second kappa shape index (κ2) is 8.12. The number of anilines is 1. The maximum atomic E-state index is 13.5. The Labute approximate surface area is 194 Å². The van der Waals surface area contributed by atoms with E-state index >= 15 is 0 Å². The van der Waals surface area contributed by atoms with Gasteiger partial charge in [-0.2, -0.15) is 0 Å². The quantitative estimate of drug-likeness (QED) is 0.515. The number of pyridine rings is 1. The van der Waals surface area contributed by atoms with Gasteiger partial charge in [-0.25, -0.2) is 18.6 Å². The molecule has 3 fully saturated rings. The van der Waals surface area contributed by atoms with Crippen LogP contribution < -0.4 is 10.2 Å². The molecule has 1 aliphatic carbocycles. The number of hydrogen-bond donors (Lipinski definition) is 2. The van der Waals surface area contributed by atoms with Crippen molar-refractivity contribution in [2.24, 2.45) is 0 Å². The summed E-state index contributed by atoms with van der Waals surface area (Å²) in [6.07, 6.45) is 0.0604. The largest absolute Gasteiger partial charge is 0.389 e. The highest BCUT2D eigenvalue weighted by atomic mass is 19.3. The number of ketones is 1. The van der Waals surface area contributed by atoms with Gasteiger partial charge in [0.05, 0.1) is 12.6 Å². The zero-order valence-electron chi connectivity index (χ0n) is 18.3. The number of aliphatic hydroxyl groups is 1. The number of amides is 3. The van der Waals surface area contributed by atoms with Crippen LogP contribution in [0.15, 0.2) is 42.6 Å². The van der Waals surface area contributed by atoms with Crippen molar-refractivity contribution in [3.63, 3.8) is 0 Å². The normalized spacial score (nSPS) is 21.5. The molecule has 2 aromatic rings. The summed E-state index contributed by atoms with van der Waals surface area (Å²) in [5, 5.41) is 12.1. The van der Waals surface area contributed by atoms with Crippen LogP contribution in [0.25, 0.3) is 11.1 Å². The molecule has 2 N–H and O–H groups in total. The molecule has 0 radical (unpaired) electrons. The zero-order chi connectivity index (χ0) is 24.1. The Balaban J connectivity index is 1.29. The maximum absolute atomic E-state index is 13.5. The molecule has 34 heavy (non-hydrogen) atoms. The van der Waals surface area contributed by atoms with Gasteiger partial charge >= 0.3 is 6.03 Å². The number of benzene rings is 1.